The highest BCUT2D eigenvalue weighted by atomic mass is 32.1. The van der Waals surface area contributed by atoms with Gasteiger partial charge in [0.25, 0.3) is 5.91 Å². The summed E-state index contributed by atoms with van der Waals surface area (Å²) in [5.41, 5.74) is 0. The van der Waals surface area contributed by atoms with Crippen LogP contribution in [0.25, 0.3) is 0 Å². The molecule has 0 radical (unpaired) electrons. The van der Waals surface area contributed by atoms with Crippen molar-refractivity contribution >= 4 is 17.2 Å². The van der Waals surface area contributed by atoms with Crippen LogP contribution in [-0.2, 0) is 0 Å². The summed E-state index contributed by atoms with van der Waals surface area (Å²) in [6, 6.07) is 9.66. The maximum absolute atomic E-state index is 12.1. The fraction of sp³-hybridized carbons (Fsp3) is 0.389. The summed E-state index contributed by atoms with van der Waals surface area (Å²) in [6.45, 7) is 0.272. The first-order valence-corrected chi connectivity index (χ1v) is 9.06. The summed E-state index contributed by atoms with van der Waals surface area (Å²) in [6.07, 6.45) is 3.92. The Kier molecular flexibility index (Phi) is 4.30. The van der Waals surface area contributed by atoms with Gasteiger partial charge in [-0.05, 0) is 49.3 Å². The summed E-state index contributed by atoms with van der Waals surface area (Å²) in [4.78, 5) is 12.9. The lowest BCUT2D eigenvalue weighted by Gasteiger charge is -2.29. The van der Waals surface area contributed by atoms with E-state index in [0.717, 1.165) is 47.8 Å². The van der Waals surface area contributed by atoms with E-state index in [0.29, 0.717) is 0 Å². The van der Waals surface area contributed by atoms with Crippen molar-refractivity contribution < 1.29 is 19.0 Å². The largest absolute Gasteiger partial charge is 0.490 e. The van der Waals surface area contributed by atoms with Crippen LogP contribution in [0, 0.1) is 0 Å². The molecule has 2 heterocycles. The van der Waals surface area contributed by atoms with Crippen LogP contribution < -0.4 is 19.5 Å². The molecule has 1 fully saturated rings. The minimum Gasteiger partial charge on any atom is -0.490 e. The van der Waals surface area contributed by atoms with Gasteiger partial charge < -0.3 is 19.5 Å². The van der Waals surface area contributed by atoms with E-state index in [1.165, 1.54) is 11.3 Å². The zero-order chi connectivity index (χ0) is 16.4. The van der Waals surface area contributed by atoms with Gasteiger partial charge in [-0.1, -0.05) is 6.07 Å². The molecule has 1 aliphatic carbocycles. The first-order valence-electron chi connectivity index (χ1n) is 8.18. The van der Waals surface area contributed by atoms with Crippen molar-refractivity contribution in [1.82, 2.24) is 5.32 Å². The van der Waals surface area contributed by atoms with E-state index in [1.54, 1.807) is 0 Å². The van der Waals surface area contributed by atoms with Crippen molar-refractivity contribution in [3.63, 3.8) is 0 Å². The molecule has 0 spiro atoms. The van der Waals surface area contributed by atoms with Gasteiger partial charge in [0.05, 0.1) is 11.0 Å². The third-order valence-corrected chi connectivity index (χ3v) is 5.27. The van der Waals surface area contributed by atoms with E-state index < -0.39 is 0 Å². The number of nitrogens with one attached hydrogen (secondary N) is 1. The number of rotatable bonds is 4. The van der Waals surface area contributed by atoms with Crippen molar-refractivity contribution in [3.05, 3.63) is 40.6 Å². The van der Waals surface area contributed by atoms with Crippen LogP contribution in [-0.4, -0.2) is 24.8 Å². The molecular weight excluding hydrogens is 326 g/mol. The number of ether oxygens (including phenoxy) is 3. The molecule has 0 atom stereocenters. The molecule has 0 bridgehead atoms. The van der Waals surface area contributed by atoms with Gasteiger partial charge in [0, 0.05) is 12.1 Å². The van der Waals surface area contributed by atoms with Crippen LogP contribution in [0.3, 0.4) is 0 Å². The Labute approximate surface area is 144 Å². The number of hydrogen-bond acceptors (Lipinski definition) is 5. The van der Waals surface area contributed by atoms with Crippen LogP contribution in [0.1, 0.15) is 35.4 Å². The van der Waals surface area contributed by atoms with E-state index in [9.17, 15) is 4.79 Å². The molecule has 1 aromatic carbocycles. The minimum absolute atomic E-state index is 0.0325. The number of fused-ring (bicyclic) bond motifs is 1. The predicted molar refractivity (Wildman–Crippen MR) is 91.0 cm³/mol. The molecule has 1 aliphatic heterocycles. The first-order chi connectivity index (χ1) is 11.8. The third-order valence-electron chi connectivity index (χ3n) is 4.40. The summed E-state index contributed by atoms with van der Waals surface area (Å²) in [5.74, 6) is 2.35. The Morgan fingerprint density at radius 2 is 1.96 bits per heavy atom. The van der Waals surface area contributed by atoms with Crippen molar-refractivity contribution in [2.75, 3.05) is 6.79 Å². The number of benzene rings is 1. The number of hydrogen-bond donors (Lipinski definition) is 1. The molecule has 1 aromatic heterocycles. The van der Waals surface area contributed by atoms with E-state index in [2.05, 4.69) is 5.32 Å². The molecule has 5 nitrogen and oxygen atoms in total. The molecule has 0 saturated heterocycles. The molecule has 0 unspecified atom stereocenters. The minimum atomic E-state index is 0.0325. The molecular formula is C18H19NO4S. The van der Waals surface area contributed by atoms with E-state index in [4.69, 9.17) is 14.2 Å². The average molecular weight is 345 g/mol. The highest BCUT2D eigenvalue weighted by molar-refractivity contribution is 7.12. The van der Waals surface area contributed by atoms with Gasteiger partial charge in [0.15, 0.2) is 11.5 Å². The van der Waals surface area contributed by atoms with Crippen LogP contribution in [0.2, 0.25) is 0 Å². The van der Waals surface area contributed by atoms with Crippen LogP contribution in [0.5, 0.6) is 17.2 Å². The quantitative estimate of drug-likeness (QED) is 0.920. The molecule has 1 saturated carbocycles. The molecule has 4 rings (SSSR count). The van der Waals surface area contributed by atoms with Crippen LogP contribution in [0.4, 0.5) is 0 Å². The lowest BCUT2D eigenvalue weighted by molar-refractivity contribution is 0.0897. The monoisotopic (exact) mass is 345 g/mol. The topological polar surface area (TPSA) is 56.8 Å². The van der Waals surface area contributed by atoms with E-state index in [1.807, 2.05) is 35.7 Å². The lowest BCUT2D eigenvalue weighted by atomic mass is 9.93. The Hall–Kier alpha value is -2.21. The normalized spacial score (nSPS) is 22.2. The predicted octanol–water partition coefficient (Wildman–Crippen LogP) is 3.60. The van der Waals surface area contributed by atoms with Crippen LogP contribution >= 0.6 is 11.3 Å². The fourth-order valence-corrected chi connectivity index (χ4v) is 3.76. The second-order valence-electron chi connectivity index (χ2n) is 6.06. The number of thiophene rings is 1. The van der Waals surface area contributed by atoms with Gasteiger partial charge >= 0.3 is 0 Å². The van der Waals surface area contributed by atoms with Crippen molar-refractivity contribution in [3.8, 4) is 17.2 Å². The second-order valence-corrected chi connectivity index (χ2v) is 7.01. The summed E-state index contributed by atoms with van der Waals surface area (Å²) in [5, 5.41) is 5.04. The zero-order valence-corrected chi connectivity index (χ0v) is 14.0. The Bertz CT molecular complexity index is 708. The second kappa shape index (κ2) is 6.73. The molecule has 24 heavy (non-hydrogen) atoms. The van der Waals surface area contributed by atoms with Gasteiger partial charge in [-0.15, -0.1) is 11.3 Å². The standard InChI is InChI=1S/C18H19NO4S/c20-18(17-2-1-9-24-17)19-12-3-5-13(6-4-12)23-14-7-8-15-16(10-14)22-11-21-15/h1-2,7-10,12-13H,3-6,11H2,(H,19,20). The summed E-state index contributed by atoms with van der Waals surface area (Å²) < 4.78 is 16.7. The highest BCUT2D eigenvalue weighted by Crippen LogP contribution is 2.36. The lowest BCUT2D eigenvalue weighted by Crippen LogP contribution is -2.39. The maximum Gasteiger partial charge on any atom is 0.261 e. The van der Waals surface area contributed by atoms with Crippen molar-refractivity contribution in [2.45, 2.75) is 37.8 Å². The van der Waals surface area contributed by atoms with E-state index in [-0.39, 0.29) is 24.8 Å². The molecule has 1 N–H and O–H groups in total. The van der Waals surface area contributed by atoms with Gasteiger partial charge in [-0.2, -0.15) is 0 Å². The van der Waals surface area contributed by atoms with Gasteiger partial charge in [-0.25, -0.2) is 0 Å². The fourth-order valence-electron chi connectivity index (χ4n) is 3.13. The SMILES string of the molecule is O=C(NC1CCC(Oc2ccc3c(c2)OCO3)CC1)c1cccs1. The number of carbonyl (C=O) groups is 1. The highest BCUT2D eigenvalue weighted by Gasteiger charge is 2.24. The molecule has 1 amide bonds. The Morgan fingerprint density at radius 3 is 2.75 bits per heavy atom. The number of amides is 1. The number of carbonyl (C=O) groups excluding carboxylic acids is 1. The van der Waals surface area contributed by atoms with Crippen molar-refractivity contribution in [2.24, 2.45) is 0 Å². The summed E-state index contributed by atoms with van der Waals surface area (Å²) >= 11 is 1.47. The molecule has 2 aliphatic rings. The smallest absolute Gasteiger partial charge is 0.261 e. The van der Waals surface area contributed by atoms with E-state index >= 15 is 0 Å². The van der Waals surface area contributed by atoms with Gasteiger partial charge in [0.1, 0.15) is 5.75 Å². The third kappa shape index (κ3) is 3.33. The average Bonchev–Trinajstić information content (AvgIpc) is 3.27. The molecule has 126 valence electrons. The van der Waals surface area contributed by atoms with Gasteiger partial charge in [-0.3, -0.25) is 4.79 Å². The Morgan fingerprint density at radius 1 is 1.12 bits per heavy atom. The van der Waals surface area contributed by atoms with Crippen molar-refractivity contribution in [1.29, 1.82) is 0 Å². The Balaban J connectivity index is 1.28. The molecule has 6 heteroatoms. The van der Waals surface area contributed by atoms with Crippen LogP contribution in [0.15, 0.2) is 35.7 Å². The van der Waals surface area contributed by atoms with Gasteiger partial charge in [0.2, 0.25) is 6.79 Å². The summed E-state index contributed by atoms with van der Waals surface area (Å²) in [7, 11) is 0. The molecule has 2 aromatic rings. The maximum atomic E-state index is 12.1. The zero-order valence-electron chi connectivity index (χ0n) is 13.2. The first kappa shape index (κ1) is 15.3.